The Hall–Kier alpha value is -3.39. The Kier molecular flexibility index (Phi) is 7.40. The summed E-state index contributed by atoms with van der Waals surface area (Å²) >= 11 is 6.33. The van der Waals surface area contributed by atoms with E-state index in [-0.39, 0.29) is 17.7 Å². The minimum absolute atomic E-state index is 0.0564. The van der Waals surface area contributed by atoms with Crippen molar-refractivity contribution in [1.29, 1.82) is 0 Å². The van der Waals surface area contributed by atoms with E-state index in [2.05, 4.69) is 22.7 Å². The van der Waals surface area contributed by atoms with Gasteiger partial charge in [0.05, 0.1) is 10.6 Å². The van der Waals surface area contributed by atoms with Gasteiger partial charge in [0.2, 0.25) is 5.91 Å². The quantitative estimate of drug-likeness (QED) is 0.394. The highest BCUT2D eigenvalue weighted by molar-refractivity contribution is 6.33. The largest absolute Gasteiger partial charge is 0.618 e. The molecule has 4 rings (SSSR count). The van der Waals surface area contributed by atoms with Crippen LogP contribution in [0.25, 0.3) is 11.1 Å². The number of nitrogens with one attached hydrogen (secondary N) is 2. The molecule has 1 saturated carbocycles. The molecule has 0 saturated heterocycles. The van der Waals surface area contributed by atoms with Crippen LogP contribution in [0.15, 0.2) is 48.8 Å². The molecule has 0 unspecified atom stereocenters. The summed E-state index contributed by atoms with van der Waals surface area (Å²) in [7, 11) is 1.70. The van der Waals surface area contributed by atoms with E-state index in [9.17, 15) is 14.8 Å². The maximum absolute atomic E-state index is 13.4. The molecular formula is C26H30ClN5O3. The third-order valence-corrected chi connectivity index (χ3v) is 7.20. The van der Waals surface area contributed by atoms with Crippen LogP contribution < -0.4 is 15.4 Å². The van der Waals surface area contributed by atoms with Gasteiger partial charge in [0.1, 0.15) is 11.7 Å². The third-order valence-electron chi connectivity index (χ3n) is 6.88. The summed E-state index contributed by atoms with van der Waals surface area (Å²) in [6.45, 7) is 3.93. The molecule has 2 aromatic heterocycles. The molecule has 1 aliphatic rings. The molecule has 1 atom stereocenters. The first-order valence-electron chi connectivity index (χ1n) is 11.8. The van der Waals surface area contributed by atoms with Gasteiger partial charge in [-0.1, -0.05) is 43.5 Å². The molecule has 0 spiro atoms. The average Bonchev–Trinajstić information content (AvgIpc) is 3.27. The molecule has 1 aromatic carbocycles. The summed E-state index contributed by atoms with van der Waals surface area (Å²) in [5.74, 6) is 0.107. The molecule has 1 aliphatic carbocycles. The van der Waals surface area contributed by atoms with Crippen LogP contribution in [-0.4, -0.2) is 27.6 Å². The van der Waals surface area contributed by atoms with Gasteiger partial charge in [0.15, 0.2) is 11.9 Å². The molecule has 184 valence electrons. The van der Waals surface area contributed by atoms with Gasteiger partial charge in [-0.2, -0.15) is 9.83 Å². The van der Waals surface area contributed by atoms with Crippen molar-refractivity contribution < 1.29 is 14.3 Å². The Morgan fingerprint density at radius 1 is 1.14 bits per heavy atom. The number of hydrogen-bond donors (Lipinski definition) is 2. The van der Waals surface area contributed by atoms with E-state index < -0.39 is 6.04 Å². The van der Waals surface area contributed by atoms with Gasteiger partial charge in [-0.05, 0) is 48.4 Å². The summed E-state index contributed by atoms with van der Waals surface area (Å²) in [4.78, 5) is 26.3. The van der Waals surface area contributed by atoms with Crippen molar-refractivity contribution in [2.24, 2.45) is 18.9 Å². The minimum atomic E-state index is -0.658. The van der Waals surface area contributed by atoms with E-state index in [0.29, 0.717) is 33.6 Å². The van der Waals surface area contributed by atoms with Gasteiger partial charge >= 0.3 is 0 Å². The Labute approximate surface area is 209 Å². The Bertz CT molecular complexity index is 1220. The second-order valence-corrected chi connectivity index (χ2v) is 9.73. The Balaban J connectivity index is 1.53. The summed E-state index contributed by atoms with van der Waals surface area (Å²) < 4.78 is 2.27. The van der Waals surface area contributed by atoms with Crippen LogP contribution in [0.5, 0.6) is 0 Å². The smallest absolute Gasteiger partial charge is 0.270 e. The number of hydrogen-bond acceptors (Lipinski definition) is 4. The lowest BCUT2D eigenvalue weighted by atomic mass is 9.79. The highest BCUT2D eigenvalue weighted by atomic mass is 35.5. The van der Waals surface area contributed by atoms with Crippen LogP contribution >= 0.6 is 11.6 Å². The van der Waals surface area contributed by atoms with Crippen LogP contribution in [0, 0.1) is 24.0 Å². The maximum Gasteiger partial charge on any atom is 0.270 e. The lowest BCUT2D eigenvalue weighted by Crippen LogP contribution is -2.49. The topological polar surface area (TPSA) is 103 Å². The molecule has 0 radical (unpaired) electrons. The summed E-state index contributed by atoms with van der Waals surface area (Å²) in [5, 5.41) is 22.4. The fourth-order valence-corrected chi connectivity index (χ4v) is 5.03. The SMILES string of the molecule is Cc1c(-c2ccc(NC(=O)[C@@H](NC(=O)c3ccnn3C)C3CCC(C)CC3)cc2)c(Cl)cc[n+]1[O-]. The number of aryl methyl sites for hydroxylation is 1. The average molecular weight is 496 g/mol. The summed E-state index contributed by atoms with van der Waals surface area (Å²) in [5.41, 5.74) is 2.93. The van der Waals surface area contributed by atoms with E-state index in [1.165, 1.54) is 10.9 Å². The molecule has 2 N–H and O–H groups in total. The molecule has 3 aromatic rings. The fraction of sp³-hybridized carbons (Fsp3) is 0.385. The van der Waals surface area contributed by atoms with Gasteiger partial charge in [-0.15, -0.1) is 0 Å². The molecular weight excluding hydrogens is 466 g/mol. The summed E-state index contributed by atoms with van der Waals surface area (Å²) in [6.07, 6.45) is 6.75. The first-order chi connectivity index (χ1) is 16.7. The van der Waals surface area contributed by atoms with Gasteiger partial charge in [0, 0.05) is 31.9 Å². The van der Waals surface area contributed by atoms with E-state index in [4.69, 9.17) is 11.6 Å². The highest BCUT2D eigenvalue weighted by Crippen LogP contribution is 2.32. The Morgan fingerprint density at radius 2 is 1.83 bits per heavy atom. The number of pyridine rings is 1. The zero-order valence-electron chi connectivity index (χ0n) is 20.1. The van der Waals surface area contributed by atoms with E-state index in [1.54, 1.807) is 44.4 Å². The van der Waals surface area contributed by atoms with Crippen molar-refractivity contribution in [2.75, 3.05) is 5.32 Å². The Morgan fingerprint density at radius 3 is 2.46 bits per heavy atom. The van der Waals surface area contributed by atoms with Gasteiger partial charge in [-0.25, -0.2) is 0 Å². The van der Waals surface area contributed by atoms with Crippen LogP contribution in [0.4, 0.5) is 5.69 Å². The molecule has 35 heavy (non-hydrogen) atoms. The predicted octanol–water partition coefficient (Wildman–Crippen LogP) is 4.25. The molecule has 1 fully saturated rings. The van der Waals surface area contributed by atoms with Crippen LogP contribution in [0.1, 0.15) is 48.8 Å². The van der Waals surface area contributed by atoms with Crippen molar-refractivity contribution in [2.45, 2.75) is 45.6 Å². The summed E-state index contributed by atoms with van der Waals surface area (Å²) in [6, 6.07) is 9.71. The number of aromatic nitrogens is 3. The van der Waals surface area contributed by atoms with E-state index in [0.717, 1.165) is 36.0 Å². The molecule has 9 heteroatoms. The van der Waals surface area contributed by atoms with Crippen LogP contribution in [-0.2, 0) is 11.8 Å². The second-order valence-electron chi connectivity index (χ2n) is 9.33. The molecule has 8 nitrogen and oxygen atoms in total. The number of carbonyl (C=O) groups is 2. The molecule has 0 bridgehead atoms. The number of rotatable bonds is 6. The van der Waals surface area contributed by atoms with Gasteiger partial charge in [0.25, 0.3) is 5.91 Å². The first-order valence-corrected chi connectivity index (χ1v) is 12.2. The lowest BCUT2D eigenvalue weighted by Gasteiger charge is -2.32. The van der Waals surface area contributed by atoms with Gasteiger partial charge in [-0.3, -0.25) is 14.3 Å². The standard InChI is InChI=1S/C26H30ClN5O3/c1-16-4-6-19(7-5-16)24(30-25(33)22-12-14-28-31(22)3)26(34)29-20-10-8-18(9-11-20)23-17(2)32(35)15-13-21(23)27/h8-16,19,24H,4-7H2,1-3H3,(H,29,34)(H,30,33)/t16?,19?,24-/m0/s1. The number of nitrogens with zero attached hydrogens (tertiary/aromatic N) is 3. The number of benzene rings is 1. The highest BCUT2D eigenvalue weighted by Gasteiger charge is 2.33. The van der Waals surface area contributed by atoms with E-state index >= 15 is 0 Å². The van der Waals surface area contributed by atoms with Crippen LogP contribution in [0.3, 0.4) is 0 Å². The zero-order chi connectivity index (χ0) is 25.1. The monoisotopic (exact) mass is 495 g/mol. The number of amides is 2. The second kappa shape index (κ2) is 10.5. The van der Waals surface area contributed by atoms with Crippen molar-refractivity contribution in [3.63, 3.8) is 0 Å². The van der Waals surface area contributed by atoms with Crippen molar-refractivity contribution in [3.05, 3.63) is 70.4 Å². The molecule has 0 aliphatic heterocycles. The maximum atomic E-state index is 13.4. The van der Waals surface area contributed by atoms with Crippen molar-refractivity contribution in [1.82, 2.24) is 15.1 Å². The number of carbonyl (C=O) groups excluding carboxylic acids is 2. The molecule has 2 amide bonds. The van der Waals surface area contributed by atoms with Crippen molar-refractivity contribution >= 4 is 29.1 Å². The van der Waals surface area contributed by atoms with E-state index in [1.807, 2.05) is 12.1 Å². The number of anilines is 1. The third kappa shape index (κ3) is 5.48. The first kappa shape index (κ1) is 24.7. The fourth-order valence-electron chi connectivity index (χ4n) is 4.73. The van der Waals surface area contributed by atoms with Crippen molar-refractivity contribution in [3.8, 4) is 11.1 Å². The lowest BCUT2D eigenvalue weighted by molar-refractivity contribution is -0.611. The normalized spacial score (nSPS) is 18.6. The molecule has 2 heterocycles. The number of halogens is 1. The van der Waals surface area contributed by atoms with Gasteiger partial charge < -0.3 is 15.8 Å². The van der Waals surface area contributed by atoms with Crippen LogP contribution in [0.2, 0.25) is 5.02 Å². The zero-order valence-corrected chi connectivity index (χ0v) is 20.9. The minimum Gasteiger partial charge on any atom is -0.618 e. The predicted molar refractivity (Wildman–Crippen MR) is 135 cm³/mol.